The molecule has 5 heteroatoms. The lowest BCUT2D eigenvalue weighted by atomic mass is 9.82. The smallest absolute Gasteiger partial charge is 0.338 e. The first-order valence-corrected chi connectivity index (χ1v) is 5.47. The van der Waals surface area contributed by atoms with Crippen molar-refractivity contribution in [2.45, 2.75) is 25.8 Å². The monoisotopic (exact) mass is 241 g/mol. The molecule has 1 aromatic rings. The van der Waals surface area contributed by atoms with E-state index in [9.17, 15) is 13.6 Å². The van der Waals surface area contributed by atoms with Gasteiger partial charge in [0.15, 0.2) is 11.6 Å². The second kappa shape index (κ2) is 4.31. The number of hydrogen-bond acceptors (Lipinski definition) is 2. The van der Waals surface area contributed by atoms with E-state index < -0.39 is 23.2 Å². The topological polar surface area (TPSA) is 49.3 Å². The zero-order valence-corrected chi connectivity index (χ0v) is 9.34. The van der Waals surface area contributed by atoms with Gasteiger partial charge >= 0.3 is 5.97 Å². The maximum absolute atomic E-state index is 13.5. The fourth-order valence-corrected chi connectivity index (χ4v) is 2.07. The lowest BCUT2D eigenvalue weighted by Gasteiger charge is -2.34. The molecule has 2 N–H and O–H groups in total. The molecule has 0 aromatic heterocycles. The first kappa shape index (κ1) is 11.8. The van der Waals surface area contributed by atoms with Crippen molar-refractivity contribution in [3.05, 3.63) is 29.3 Å². The summed E-state index contributed by atoms with van der Waals surface area (Å²) in [5.41, 5.74) is -0.612. The number of halogens is 2. The normalized spacial score (nSPS) is 23.0. The van der Waals surface area contributed by atoms with Crippen molar-refractivity contribution in [1.82, 2.24) is 0 Å². The highest BCUT2D eigenvalue weighted by atomic mass is 19.2. The molecular weight excluding hydrogens is 228 g/mol. The fourth-order valence-electron chi connectivity index (χ4n) is 2.07. The van der Waals surface area contributed by atoms with Crippen molar-refractivity contribution in [2.24, 2.45) is 5.92 Å². The van der Waals surface area contributed by atoms with E-state index in [1.54, 1.807) is 0 Å². The van der Waals surface area contributed by atoms with Gasteiger partial charge in [-0.3, -0.25) is 0 Å². The molecule has 17 heavy (non-hydrogen) atoms. The number of carbonyl (C=O) groups is 1. The molecule has 1 aliphatic carbocycles. The number of nitrogens with one attached hydrogen (secondary N) is 1. The second-order valence-electron chi connectivity index (χ2n) is 4.51. The van der Waals surface area contributed by atoms with Gasteiger partial charge in [0, 0.05) is 6.04 Å². The van der Waals surface area contributed by atoms with Crippen molar-refractivity contribution in [1.29, 1.82) is 0 Å². The Hall–Kier alpha value is -1.65. The van der Waals surface area contributed by atoms with Gasteiger partial charge in [-0.05, 0) is 30.9 Å². The minimum absolute atomic E-state index is 0.0319. The third kappa shape index (κ3) is 2.23. The molecule has 0 amide bonds. The van der Waals surface area contributed by atoms with Gasteiger partial charge in [-0.25, -0.2) is 13.6 Å². The van der Waals surface area contributed by atoms with Gasteiger partial charge in [-0.15, -0.1) is 0 Å². The van der Waals surface area contributed by atoms with Crippen LogP contribution in [-0.2, 0) is 0 Å². The number of carboxylic acid groups (broad SMARTS) is 1. The highest BCUT2D eigenvalue weighted by Crippen LogP contribution is 2.31. The molecule has 1 aromatic carbocycles. The first-order valence-electron chi connectivity index (χ1n) is 5.47. The van der Waals surface area contributed by atoms with E-state index in [4.69, 9.17) is 5.11 Å². The van der Waals surface area contributed by atoms with Gasteiger partial charge in [0.05, 0.1) is 11.3 Å². The van der Waals surface area contributed by atoms with Gasteiger partial charge in [-0.1, -0.05) is 6.92 Å². The lowest BCUT2D eigenvalue weighted by molar-refractivity contribution is 0.0690. The Kier molecular flexibility index (Phi) is 3.00. The predicted octanol–water partition coefficient (Wildman–Crippen LogP) is 2.87. The van der Waals surface area contributed by atoms with Crippen LogP contribution < -0.4 is 5.32 Å². The molecule has 0 spiro atoms. The molecule has 0 heterocycles. The Bertz CT molecular complexity index is 456. The molecule has 0 saturated heterocycles. The van der Waals surface area contributed by atoms with E-state index in [0.717, 1.165) is 18.9 Å². The molecule has 0 radical (unpaired) electrons. The number of aromatic carboxylic acids is 1. The molecule has 2 rings (SSSR count). The van der Waals surface area contributed by atoms with Crippen LogP contribution in [-0.4, -0.2) is 17.1 Å². The van der Waals surface area contributed by atoms with E-state index in [0.29, 0.717) is 5.92 Å². The Labute approximate surface area is 97.5 Å². The van der Waals surface area contributed by atoms with E-state index in [1.165, 1.54) is 6.07 Å². The van der Waals surface area contributed by atoms with Crippen molar-refractivity contribution >= 4 is 11.7 Å². The molecular formula is C12H13F2NO2. The Morgan fingerprint density at radius 2 is 2.00 bits per heavy atom. The van der Waals surface area contributed by atoms with Crippen LogP contribution in [0.4, 0.5) is 14.5 Å². The van der Waals surface area contributed by atoms with Crippen LogP contribution in [0.3, 0.4) is 0 Å². The molecule has 0 atom stereocenters. The summed E-state index contributed by atoms with van der Waals surface area (Å²) in [7, 11) is 0. The first-order chi connectivity index (χ1) is 7.99. The minimum Gasteiger partial charge on any atom is -0.478 e. The van der Waals surface area contributed by atoms with Crippen LogP contribution in [0.1, 0.15) is 30.1 Å². The number of rotatable bonds is 3. The quantitative estimate of drug-likeness (QED) is 0.855. The van der Waals surface area contributed by atoms with Crippen molar-refractivity contribution < 1.29 is 18.7 Å². The molecule has 0 unspecified atom stereocenters. The largest absolute Gasteiger partial charge is 0.478 e. The van der Waals surface area contributed by atoms with Crippen LogP contribution in [0.25, 0.3) is 0 Å². The minimum atomic E-state index is -1.47. The Balaban J connectivity index is 2.19. The van der Waals surface area contributed by atoms with Gasteiger partial charge in [0.25, 0.3) is 0 Å². The van der Waals surface area contributed by atoms with Gasteiger partial charge in [-0.2, -0.15) is 0 Å². The number of benzene rings is 1. The summed E-state index contributed by atoms with van der Waals surface area (Å²) in [5, 5.41) is 11.5. The summed E-state index contributed by atoms with van der Waals surface area (Å²) >= 11 is 0. The number of anilines is 1. The van der Waals surface area contributed by atoms with E-state index >= 15 is 0 Å². The standard InChI is InChI=1S/C12H13F2NO2/c1-6-4-7(5-6)15-9-3-2-8(12(16)17)10(13)11(9)14/h2-3,6-7,15H,4-5H2,1H3,(H,16,17). The average molecular weight is 241 g/mol. The zero-order valence-electron chi connectivity index (χ0n) is 9.34. The number of carboxylic acids is 1. The maximum Gasteiger partial charge on any atom is 0.338 e. The highest BCUT2D eigenvalue weighted by Gasteiger charge is 2.27. The predicted molar refractivity (Wildman–Crippen MR) is 59.1 cm³/mol. The Morgan fingerprint density at radius 3 is 2.53 bits per heavy atom. The van der Waals surface area contributed by atoms with E-state index in [1.807, 2.05) is 0 Å². The summed E-state index contributed by atoms with van der Waals surface area (Å²) in [6.07, 6.45) is 1.84. The molecule has 1 fully saturated rings. The lowest BCUT2D eigenvalue weighted by Crippen LogP contribution is -2.34. The van der Waals surface area contributed by atoms with Crippen LogP contribution >= 0.6 is 0 Å². The molecule has 3 nitrogen and oxygen atoms in total. The van der Waals surface area contributed by atoms with Crippen LogP contribution in [0.15, 0.2) is 12.1 Å². The number of hydrogen-bond donors (Lipinski definition) is 2. The second-order valence-corrected chi connectivity index (χ2v) is 4.51. The third-order valence-electron chi connectivity index (χ3n) is 3.05. The van der Waals surface area contributed by atoms with Gasteiger partial charge < -0.3 is 10.4 Å². The van der Waals surface area contributed by atoms with Crippen LogP contribution in [0.2, 0.25) is 0 Å². The fraction of sp³-hybridized carbons (Fsp3) is 0.417. The SMILES string of the molecule is CC1CC(Nc2ccc(C(=O)O)c(F)c2F)C1. The molecule has 0 bridgehead atoms. The van der Waals surface area contributed by atoms with Crippen molar-refractivity contribution in [3.8, 4) is 0 Å². The average Bonchev–Trinajstić information content (AvgIpc) is 2.22. The molecule has 0 aliphatic heterocycles. The Morgan fingerprint density at radius 1 is 1.35 bits per heavy atom. The van der Waals surface area contributed by atoms with Crippen LogP contribution in [0, 0.1) is 17.6 Å². The highest BCUT2D eigenvalue weighted by molar-refractivity contribution is 5.88. The molecule has 92 valence electrons. The maximum atomic E-state index is 13.5. The summed E-state index contributed by atoms with van der Waals surface area (Å²) < 4.78 is 26.9. The summed E-state index contributed by atoms with van der Waals surface area (Å²) in [6, 6.07) is 2.49. The summed E-state index contributed by atoms with van der Waals surface area (Å²) in [4.78, 5) is 10.6. The molecule has 1 saturated carbocycles. The van der Waals surface area contributed by atoms with Crippen LogP contribution in [0.5, 0.6) is 0 Å². The van der Waals surface area contributed by atoms with E-state index in [-0.39, 0.29) is 11.7 Å². The third-order valence-corrected chi connectivity index (χ3v) is 3.05. The van der Waals surface area contributed by atoms with Crippen molar-refractivity contribution in [3.63, 3.8) is 0 Å². The molecule has 1 aliphatic rings. The summed E-state index contributed by atoms with van der Waals surface area (Å²) in [5.74, 6) is -3.30. The zero-order chi connectivity index (χ0) is 12.6. The van der Waals surface area contributed by atoms with Crippen molar-refractivity contribution in [2.75, 3.05) is 5.32 Å². The van der Waals surface area contributed by atoms with E-state index in [2.05, 4.69) is 12.2 Å². The summed E-state index contributed by atoms with van der Waals surface area (Å²) in [6.45, 7) is 2.09. The van der Waals surface area contributed by atoms with Gasteiger partial charge in [0.2, 0.25) is 0 Å². The van der Waals surface area contributed by atoms with Gasteiger partial charge in [0.1, 0.15) is 0 Å².